The second-order valence-corrected chi connectivity index (χ2v) is 6.72. The summed E-state index contributed by atoms with van der Waals surface area (Å²) < 4.78 is 20.0. The molecule has 1 aliphatic rings. The number of fused-ring (bicyclic) bond motifs is 1. The Morgan fingerprint density at radius 3 is 2.77 bits per heavy atom. The summed E-state index contributed by atoms with van der Waals surface area (Å²) in [5.74, 6) is 0.417. The Bertz CT molecular complexity index is 895. The van der Waals surface area contributed by atoms with E-state index in [-0.39, 0.29) is 25.6 Å². The summed E-state index contributed by atoms with van der Waals surface area (Å²) in [6, 6.07) is 14.2. The third-order valence-corrected chi connectivity index (χ3v) is 4.70. The van der Waals surface area contributed by atoms with Gasteiger partial charge in [0, 0.05) is 10.6 Å². The maximum Gasteiger partial charge on any atom is 0.254 e. The standard InChI is InChI=1S/C19H17ClFN3O2/c20-13-7-5-12(6-8-13)19(25)24-9-14(21)17(10-24)26-11-18-22-15-3-1-2-4-16(15)23-18/h1-8,14,17H,9-11H2,(H,22,23). The molecule has 5 nitrogen and oxygen atoms in total. The van der Waals surface area contributed by atoms with E-state index in [0.29, 0.717) is 16.4 Å². The van der Waals surface area contributed by atoms with Gasteiger partial charge in [0.15, 0.2) is 0 Å². The number of imidazole rings is 1. The van der Waals surface area contributed by atoms with Crippen molar-refractivity contribution < 1.29 is 13.9 Å². The third-order valence-electron chi connectivity index (χ3n) is 4.45. The van der Waals surface area contributed by atoms with E-state index in [1.165, 1.54) is 4.90 Å². The normalized spacial score (nSPS) is 20.0. The van der Waals surface area contributed by atoms with Gasteiger partial charge in [-0.3, -0.25) is 4.79 Å². The molecule has 0 bridgehead atoms. The van der Waals surface area contributed by atoms with E-state index in [1.54, 1.807) is 24.3 Å². The molecular formula is C19H17ClFN3O2. The number of hydrogen-bond acceptors (Lipinski definition) is 3. The number of H-pyrrole nitrogens is 1. The van der Waals surface area contributed by atoms with E-state index in [9.17, 15) is 9.18 Å². The predicted molar refractivity (Wildman–Crippen MR) is 96.9 cm³/mol. The Kier molecular flexibility index (Phi) is 4.61. The molecule has 7 heteroatoms. The smallest absolute Gasteiger partial charge is 0.254 e. The van der Waals surface area contributed by atoms with E-state index in [1.807, 2.05) is 24.3 Å². The highest BCUT2D eigenvalue weighted by Crippen LogP contribution is 2.21. The molecule has 0 radical (unpaired) electrons. The number of likely N-dealkylation sites (tertiary alicyclic amines) is 1. The van der Waals surface area contributed by atoms with Gasteiger partial charge in [0.05, 0.1) is 24.1 Å². The van der Waals surface area contributed by atoms with Gasteiger partial charge >= 0.3 is 0 Å². The zero-order chi connectivity index (χ0) is 18.1. The monoisotopic (exact) mass is 373 g/mol. The highest BCUT2D eigenvalue weighted by molar-refractivity contribution is 6.30. The Morgan fingerprint density at radius 2 is 2.00 bits per heavy atom. The first-order valence-electron chi connectivity index (χ1n) is 8.34. The Morgan fingerprint density at radius 1 is 1.23 bits per heavy atom. The number of carbonyl (C=O) groups excluding carboxylic acids is 1. The summed E-state index contributed by atoms with van der Waals surface area (Å²) >= 11 is 5.84. The van der Waals surface area contributed by atoms with Crippen LogP contribution >= 0.6 is 11.6 Å². The summed E-state index contributed by atoms with van der Waals surface area (Å²) in [5, 5.41) is 0.554. The molecule has 1 amide bonds. The van der Waals surface area contributed by atoms with Crippen LogP contribution < -0.4 is 0 Å². The van der Waals surface area contributed by atoms with Gasteiger partial charge in [-0.25, -0.2) is 9.37 Å². The number of para-hydroxylation sites is 2. The van der Waals surface area contributed by atoms with E-state index in [4.69, 9.17) is 16.3 Å². The van der Waals surface area contributed by atoms with Crippen molar-refractivity contribution in [1.29, 1.82) is 0 Å². The number of nitrogens with one attached hydrogen (secondary N) is 1. The number of carbonyl (C=O) groups is 1. The number of nitrogens with zero attached hydrogens (tertiary/aromatic N) is 2. The molecule has 2 heterocycles. The minimum atomic E-state index is -1.23. The first-order valence-corrected chi connectivity index (χ1v) is 8.72. The van der Waals surface area contributed by atoms with Crippen molar-refractivity contribution in [3.05, 3.63) is 64.9 Å². The van der Waals surface area contributed by atoms with Crippen LogP contribution in [-0.2, 0) is 11.3 Å². The van der Waals surface area contributed by atoms with Gasteiger partial charge in [0.1, 0.15) is 24.7 Å². The second-order valence-electron chi connectivity index (χ2n) is 6.28. The average molecular weight is 374 g/mol. The largest absolute Gasteiger partial charge is 0.365 e. The summed E-state index contributed by atoms with van der Waals surface area (Å²) in [6.07, 6.45) is -1.89. The predicted octanol–water partition coefficient (Wildman–Crippen LogP) is 3.60. The van der Waals surface area contributed by atoms with Crippen LogP contribution in [0.5, 0.6) is 0 Å². The zero-order valence-electron chi connectivity index (χ0n) is 13.9. The number of amides is 1. The minimum Gasteiger partial charge on any atom is -0.365 e. The number of aromatic nitrogens is 2. The fraction of sp³-hybridized carbons (Fsp3) is 0.263. The van der Waals surface area contributed by atoms with Crippen LogP contribution in [0.4, 0.5) is 4.39 Å². The first kappa shape index (κ1) is 17.0. The van der Waals surface area contributed by atoms with Crippen LogP contribution in [0.2, 0.25) is 5.02 Å². The van der Waals surface area contributed by atoms with Crippen LogP contribution in [0.15, 0.2) is 48.5 Å². The van der Waals surface area contributed by atoms with Crippen molar-refractivity contribution in [3.63, 3.8) is 0 Å². The van der Waals surface area contributed by atoms with Crippen LogP contribution in [0.25, 0.3) is 11.0 Å². The van der Waals surface area contributed by atoms with Gasteiger partial charge in [-0.1, -0.05) is 23.7 Å². The molecule has 134 valence electrons. The fourth-order valence-corrected chi connectivity index (χ4v) is 3.22. The fourth-order valence-electron chi connectivity index (χ4n) is 3.09. The number of rotatable bonds is 4. The molecule has 0 saturated carbocycles. The SMILES string of the molecule is O=C(c1ccc(Cl)cc1)N1CC(F)C(OCc2nc3ccccc3[nH]2)C1. The van der Waals surface area contributed by atoms with Gasteiger partial charge in [-0.15, -0.1) is 0 Å². The lowest BCUT2D eigenvalue weighted by molar-refractivity contribution is 0.00887. The van der Waals surface area contributed by atoms with E-state index in [2.05, 4.69) is 9.97 Å². The number of aromatic amines is 1. The molecule has 2 unspecified atom stereocenters. The van der Waals surface area contributed by atoms with Crippen molar-refractivity contribution in [2.24, 2.45) is 0 Å². The molecule has 0 spiro atoms. The van der Waals surface area contributed by atoms with Gasteiger partial charge < -0.3 is 14.6 Å². The molecule has 0 aliphatic carbocycles. The third kappa shape index (κ3) is 3.43. The lowest BCUT2D eigenvalue weighted by atomic mass is 10.2. The van der Waals surface area contributed by atoms with Crippen molar-refractivity contribution in [1.82, 2.24) is 14.9 Å². The summed E-state index contributed by atoms with van der Waals surface area (Å²) in [5.41, 5.74) is 2.24. The summed E-state index contributed by atoms with van der Waals surface area (Å²) in [7, 11) is 0. The van der Waals surface area contributed by atoms with Crippen molar-refractivity contribution in [2.75, 3.05) is 13.1 Å². The Balaban J connectivity index is 1.39. The van der Waals surface area contributed by atoms with Gasteiger partial charge in [0.25, 0.3) is 5.91 Å². The second kappa shape index (κ2) is 7.05. The van der Waals surface area contributed by atoms with Crippen molar-refractivity contribution >= 4 is 28.5 Å². The number of alkyl halides is 1. The molecule has 1 fully saturated rings. The molecule has 1 aromatic heterocycles. The first-order chi connectivity index (χ1) is 12.6. The molecule has 3 aromatic rings. The Hall–Kier alpha value is -2.44. The molecule has 1 aliphatic heterocycles. The molecule has 4 rings (SSSR count). The molecule has 1 N–H and O–H groups in total. The molecular weight excluding hydrogens is 357 g/mol. The number of halogens is 2. The van der Waals surface area contributed by atoms with E-state index < -0.39 is 12.3 Å². The zero-order valence-corrected chi connectivity index (χ0v) is 14.6. The quantitative estimate of drug-likeness (QED) is 0.760. The van der Waals surface area contributed by atoms with Crippen LogP contribution in [0.1, 0.15) is 16.2 Å². The van der Waals surface area contributed by atoms with Crippen LogP contribution in [0.3, 0.4) is 0 Å². The lowest BCUT2D eigenvalue weighted by Gasteiger charge is -2.16. The van der Waals surface area contributed by atoms with Crippen LogP contribution in [-0.4, -0.2) is 46.1 Å². The van der Waals surface area contributed by atoms with Crippen LogP contribution in [0, 0.1) is 0 Å². The van der Waals surface area contributed by atoms with E-state index >= 15 is 0 Å². The average Bonchev–Trinajstić information content (AvgIpc) is 3.23. The number of hydrogen-bond donors (Lipinski definition) is 1. The topological polar surface area (TPSA) is 58.2 Å². The highest BCUT2D eigenvalue weighted by Gasteiger charge is 2.36. The van der Waals surface area contributed by atoms with Gasteiger partial charge in [0.2, 0.25) is 0 Å². The molecule has 1 saturated heterocycles. The molecule has 2 aromatic carbocycles. The van der Waals surface area contributed by atoms with Crippen molar-refractivity contribution in [3.8, 4) is 0 Å². The Labute approximate surface area is 154 Å². The van der Waals surface area contributed by atoms with E-state index in [0.717, 1.165) is 11.0 Å². The number of benzene rings is 2. The summed E-state index contributed by atoms with van der Waals surface area (Å²) in [6.45, 7) is 0.401. The van der Waals surface area contributed by atoms with Gasteiger partial charge in [-0.2, -0.15) is 0 Å². The highest BCUT2D eigenvalue weighted by atomic mass is 35.5. The molecule has 26 heavy (non-hydrogen) atoms. The van der Waals surface area contributed by atoms with Gasteiger partial charge in [-0.05, 0) is 36.4 Å². The minimum absolute atomic E-state index is 0.0201. The summed E-state index contributed by atoms with van der Waals surface area (Å²) in [4.78, 5) is 21.5. The van der Waals surface area contributed by atoms with Crippen molar-refractivity contribution in [2.45, 2.75) is 18.9 Å². The molecule has 2 atom stereocenters. The maximum absolute atomic E-state index is 14.3. The maximum atomic E-state index is 14.3. The lowest BCUT2D eigenvalue weighted by Crippen LogP contribution is -2.30. The number of ether oxygens (including phenoxy) is 1.